The lowest BCUT2D eigenvalue weighted by Crippen LogP contribution is -2.25. The maximum atomic E-state index is 5.58. The van der Waals surface area contributed by atoms with Gasteiger partial charge in [-0.05, 0) is 24.4 Å². The highest BCUT2D eigenvalue weighted by atomic mass is 32.1. The molecule has 5 nitrogen and oxygen atoms in total. The van der Waals surface area contributed by atoms with Gasteiger partial charge in [0, 0.05) is 25.7 Å². The van der Waals surface area contributed by atoms with Gasteiger partial charge in [0.2, 0.25) is 0 Å². The molecule has 96 valence electrons. The first kappa shape index (κ1) is 12.8. The van der Waals surface area contributed by atoms with Crippen LogP contribution in [0.1, 0.15) is 6.92 Å². The molecular weight excluding hydrogens is 246 g/mol. The van der Waals surface area contributed by atoms with Crippen LogP contribution in [0.25, 0.3) is 0 Å². The van der Waals surface area contributed by atoms with E-state index >= 15 is 0 Å². The number of nitrogens with zero attached hydrogens (tertiary/aromatic N) is 3. The Morgan fingerprint density at radius 3 is 3.00 bits per heavy atom. The summed E-state index contributed by atoms with van der Waals surface area (Å²) in [6, 6.07) is 6.20. The molecule has 0 aliphatic carbocycles. The Balaban J connectivity index is 2.16. The van der Waals surface area contributed by atoms with E-state index < -0.39 is 0 Å². The fraction of sp³-hybridized carbons (Fsp3) is 0.333. The van der Waals surface area contributed by atoms with Gasteiger partial charge in [0.15, 0.2) is 0 Å². The van der Waals surface area contributed by atoms with Gasteiger partial charge in [-0.15, -0.1) is 11.3 Å². The molecule has 2 aromatic heterocycles. The minimum atomic E-state index is 0.194. The van der Waals surface area contributed by atoms with E-state index in [0.717, 1.165) is 16.6 Å². The molecule has 2 aromatic rings. The van der Waals surface area contributed by atoms with Crippen LogP contribution in [0.15, 0.2) is 29.9 Å². The lowest BCUT2D eigenvalue weighted by atomic mass is 10.3. The Labute approximate surface area is 111 Å². The first-order valence-corrected chi connectivity index (χ1v) is 6.64. The molecule has 2 heterocycles. The van der Waals surface area contributed by atoms with Crippen LogP contribution in [0.5, 0.6) is 0 Å². The van der Waals surface area contributed by atoms with Crippen LogP contribution >= 0.6 is 11.3 Å². The third-order valence-corrected chi connectivity index (χ3v) is 3.53. The Morgan fingerprint density at radius 2 is 2.33 bits per heavy atom. The predicted octanol–water partition coefficient (Wildman–Crippen LogP) is 2.07. The number of hydrogen-bond donors (Lipinski definition) is 2. The molecule has 0 amide bonds. The zero-order valence-electron chi connectivity index (χ0n) is 10.5. The van der Waals surface area contributed by atoms with Gasteiger partial charge in [-0.3, -0.25) is 0 Å². The maximum absolute atomic E-state index is 5.58. The molecule has 0 aliphatic rings. The molecule has 0 aliphatic heterocycles. The van der Waals surface area contributed by atoms with E-state index in [1.165, 1.54) is 0 Å². The van der Waals surface area contributed by atoms with E-state index in [9.17, 15) is 0 Å². The molecule has 18 heavy (non-hydrogen) atoms. The third kappa shape index (κ3) is 2.96. The zero-order valence-corrected chi connectivity index (χ0v) is 11.3. The number of thiophene rings is 1. The van der Waals surface area contributed by atoms with Crippen molar-refractivity contribution in [2.24, 2.45) is 5.73 Å². The summed E-state index contributed by atoms with van der Waals surface area (Å²) in [5, 5.41) is 6.42. The summed E-state index contributed by atoms with van der Waals surface area (Å²) in [4.78, 5) is 10.5. The topological polar surface area (TPSA) is 67.1 Å². The maximum Gasteiger partial charge on any atom is 0.138 e. The van der Waals surface area contributed by atoms with Gasteiger partial charge >= 0.3 is 0 Å². The fourth-order valence-electron chi connectivity index (χ4n) is 1.49. The molecule has 0 bridgehead atoms. The molecular formula is C12H17N5S. The second kappa shape index (κ2) is 5.79. The van der Waals surface area contributed by atoms with Crippen molar-refractivity contribution in [3.05, 3.63) is 29.9 Å². The molecule has 0 saturated carbocycles. The Hall–Kier alpha value is -1.66. The van der Waals surface area contributed by atoms with E-state index in [2.05, 4.69) is 21.4 Å². The Bertz CT molecular complexity index is 485. The van der Waals surface area contributed by atoms with Gasteiger partial charge < -0.3 is 16.0 Å². The second-order valence-electron chi connectivity index (χ2n) is 4.05. The summed E-state index contributed by atoms with van der Waals surface area (Å²) in [6.45, 7) is 2.59. The SMILES string of the molecule is CC(CN)Nc1cc(N(C)c2cccs2)ncn1. The number of hydrogen-bond acceptors (Lipinski definition) is 6. The lowest BCUT2D eigenvalue weighted by Gasteiger charge is -2.17. The van der Waals surface area contributed by atoms with Gasteiger partial charge in [-0.2, -0.15) is 0 Å². The van der Waals surface area contributed by atoms with Gasteiger partial charge in [-0.1, -0.05) is 0 Å². The number of aromatic nitrogens is 2. The second-order valence-corrected chi connectivity index (χ2v) is 4.98. The first-order chi connectivity index (χ1) is 8.70. The van der Waals surface area contributed by atoms with Gasteiger partial charge in [-0.25, -0.2) is 9.97 Å². The normalized spacial score (nSPS) is 12.2. The van der Waals surface area contributed by atoms with E-state index in [1.807, 2.05) is 36.4 Å². The van der Waals surface area contributed by atoms with Crippen LogP contribution in [0.4, 0.5) is 16.6 Å². The molecule has 1 atom stereocenters. The van der Waals surface area contributed by atoms with Crippen LogP contribution in [0.3, 0.4) is 0 Å². The number of nitrogens with one attached hydrogen (secondary N) is 1. The molecule has 6 heteroatoms. The summed E-state index contributed by atoms with van der Waals surface area (Å²) >= 11 is 1.68. The first-order valence-electron chi connectivity index (χ1n) is 5.76. The van der Waals surface area contributed by atoms with E-state index in [0.29, 0.717) is 6.54 Å². The van der Waals surface area contributed by atoms with E-state index in [1.54, 1.807) is 17.7 Å². The Kier molecular flexibility index (Phi) is 4.11. The smallest absolute Gasteiger partial charge is 0.138 e. The predicted molar refractivity (Wildman–Crippen MR) is 76.6 cm³/mol. The van der Waals surface area contributed by atoms with Crippen molar-refractivity contribution in [2.45, 2.75) is 13.0 Å². The minimum Gasteiger partial charge on any atom is -0.366 e. The molecule has 0 spiro atoms. The standard InChI is InChI=1S/C12H17N5S/c1-9(7-13)16-10-6-11(15-8-14-10)17(2)12-4-3-5-18-12/h3-6,8-9H,7,13H2,1-2H3,(H,14,15,16). The summed E-state index contributed by atoms with van der Waals surface area (Å²) < 4.78 is 0. The monoisotopic (exact) mass is 263 g/mol. The van der Waals surface area contributed by atoms with Gasteiger partial charge in [0.1, 0.15) is 18.0 Å². The lowest BCUT2D eigenvalue weighted by molar-refractivity contribution is 0.797. The van der Waals surface area contributed by atoms with Crippen molar-refractivity contribution in [1.29, 1.82) is 0 Å². The quantitative estimate of drug-likeness (QED) is 0.864. The number of nitrogens with two attached hydrogens (primary N) is 1. The summed E-state index contributed by atoms with van der Waals surface area (Å²) in [6.07, 6.45) is 1.56. The zero-order chi connectivity index (χ0) is 13.0. The average molecular weight is 263 g/mol. The van der Waals surface area contributed by atoms with Crippen molar-refractivity contribution in [1.82, 2.24) is 9.97 Å². The highest BCUT2D eigenvalue weighted by Crippen LogP contribution is 2.26. The molecule has 0 aromatic carbocycles. The Morgan fingerprint density at radius 1 is 1.50 bits per heavy atom. The molecule has 0 fully saturated rings. The average Bonchev–Trinajstić information content (AvgIpc) is 2.92. The number of anilines is 3. The van der Waals surface area contributed by atoms with Crippen LogP contribution in [-0.2, 0) is 0 Å². The number of rotatable bonds is 5. The summed E-state index contributed by atoms with van der Waals surface area (Å²) in [7, 11) is 1.99. The fourth-order valence-corrected chi connectivity index (χ4v) is 2.20. The van der Waals surface area contributed by atoms with Crippen molar-refractivity contribution in [2.75, 3.05) is 23.8 Å². The molecule has 0 radical (unpaired) electrons. The molecule has 1 unspecified atom stereocenters. The summed E-state index contributed by atoms with van der Waals surface area (Å²) in [5.74, 6) is 1.65. The van der Waals surface area contributed by atoms with E-state index in [-0.39, 0.29) is 6.04 Å². The van der Waals surface area contributed by atoms with Crippen molar-refractivity contribution in [3.8, 4) is 0 Å². The van der Waals surface area contributed by atoms with Crippen LogP contribution in [-0.4, -0.2) is 29.6 Å². The highest BCUT2D eigenvalue weighted by Gasteiger charge is 2.08. The van der Waals surface area contributed by atoms with Crippen molar-refractivity contribution in [3.63, 3.8) is 0 Å². The molecule has 3 N–H and O–H groups in total. The summed E-state index contributed by atoms with van der Waals surface area (Å²) in [5.41, 5.74) is 5.58. The van der Waals surface area contributed by atoms with Crippen molar-refractivity contribution < 1.29 is 0 Å². The minimum absolute atomic E-state index is 0.194. The van der Waals surface area contributed by atoms with Crippen LogP contribution < -0.4 is 16.0 Å². The highest BCUT2D eigenvalue weighted by molar-refractivity contribution is 7.14. The van der Waals surface area contributed by atoms with Gasteiger partial charge in [0.05, 0.1) is 5.00 Å². The largest absolute Gasteiger partial charge is 0.366 e. The third-order valence-electron chi connectivity index (χ3n) is 2.58. The van der Waals surface area contributed by atoms with Crippen LogP contribution in [0.2, 0.25) is 0 Å². The van der Waals surface area contributed by atoms with Crippen LogP contribution in [0, 0.1) is 0 Å². The molecule has 0 saturated heterocycles. The van der Waals surface area contributed by atoms with E-state index in [4.69, 9.17) is 5.73 Å². The van der Waals surface area contributed by atoms with Crippen molar-refractivity contribution >= 4 is 28.0 Å². The van der Waals surface area contributed by atoms with Gasteiger partial charge in [0.25, 0.3) is 0 Å². The molecule has 2 rings (SSSR count).